The molecule has 50 heavy (non-hydrogen) atoms. The first kappa shape index (κ1) is 41.1. The predicted molar refractivity (Wildman–Crippen MR) is 202 cm³/mol. The van der Waals surface area contributed by atoms with Crippen LogP contribution in [-0.2, 0) is 8.23 Å². The van der Waals surface area contributed by atoms with Crippen molar-refractivity contribution >= 4 is 48.7 Å². The summed E-state index contributed by atoms with van der Waals surface area (Å²) in [5.41, 5.74) is 0.358. The maximum atomic E-state index is 14.1. The van der Waals surface area contributed by atoms with Gasteiger partial charge in [-0.3, -0.25) is 0 Å². The topological polar surface area (TPSA) is 104 Å². The zero-order valence-electron chi connectivity index (χ0n) is 30.2. The summed E-state index contributed by atoms with van der Waals surface area (Å²) in [5, 5.41) is 8.82. The van der Waals surface area contributed by atoms with Crippen LogP contribution in [0.5, 0.6) is 17.2 Å². The van der Waals surface area contributed by atoms with Crippen LogP contribution in [0.25, 0.3) is 0 Å². The van der Waals surface area contributed by atoms with Crippen molar-refractivity contribution in [2.45, 2.75) is 96.8 Å². The van der Waals surface area contributed by atoms with Crippen LogP contribution in [0.15, 0.2) is 60.7 Å². The molecule has 0 unspecified atom stereocenters. The van der Waals surface area contributed by atoms with Crippen LogP contribution in [-0.4, -0.2) is 43.7 Å². The standard InChI is InChI=1S/C37H49ClFNO7Si3/c1-48(2,3)46-50(7,47-49(4,5)6)24-14-12-10-8-9-11-13-23-43-30-18-16-29(17-19-30)36(41)44-31-20-21-32(33(38)26-31)37(42)45-35-22-15-28(27-40)25-34(35)39/h15-22,25-26H,8-14,23-24H2,1-7H3. The molecule has 0 aromatic heterocycles. The van der Waals surface area contributed by atoms with Gasteiger partial charge in [-0.25, -0.2) is 14.0 Å². The fraction of sp³-hybridized carbons (Fsp3) is 0.432. The van der Waals surface area contributed by atoms with Gasteiger partial charge in [0.15, 0.2) is 28.2 Å². The Bertz CT molecular complexity index is 1620. The second kappa shape index (κ2) is 18.8. The summed E-state index contributed by atoms with van der Waals surface area (Å²) >= 11 is 6.24. The monoisotopic (exact) mass is 757 g/mol. The summed E-state index contributed by atoms with van der Waals surface area (Å²) in [4.78, 5) is 25.2. The van der Waals surface area contributed by atoms with Gasteiger partial charge in [0.1, 0.15) is 11.5 Å². The molecule has 0 heterocycles. The molecule has 0 saturated carbocycles. The molecule has 0 amide bonds. The molecule has 0 aliphatic rings. The Morgan fingerprint density at radius 1 is 0.720 bits per heavy atom. The quantitative estimate of drug-likeness (QED) is 0.0515. The smallest absolute Gasteiger partial charge is 0.345 e. The van der Waals surface area contributed by atoms with E-state index < -0.39 is 43.0 Å². The van der Waals surface area contributed by atoms with Gasteiger partial charge in [-0.1, -0.05) is 50.1 Å². The van der Waals surface area contributed by atoms with Gasteiger partial charge in [0.2, 0.25) is 0 Å². The Labute approximate surface area is 304 Å². The summed E-state index contributed by atoms with van der Waals surface area (Å²) in [6.45, 7) is 16.4. The molecule has 0 aliphatic heterocycles. The van der Waals surface area contributed by atoms with Crippen LogP contribution in [0.4, 0.5) is 4.39 Å². The molecule has 0 spiro atoms. The average Bonchev–Trinajstić information content (AvgIpc) is 3.01. The second-order valence-electron chi connectivity index (χ2n) is 14.3. The molecule has 8 nitrogen and oxygen atoms in total. The molecule has 0 fully saturated rings. The van der Waals surface area contributed by atoms with E-state index in [4.69, 9.17) is 39.3 Å². The van der Waals surface area contributed by atoms with E-state index >= 15 is 0 Å². The highest BCUT2D eigenvalue weighted by molar-refractivity contribution is 6.87. The summed E-state index contributed by atoms with van der Waals surface area (Å²) in [7, 11) is -5.45. The maximum Gasteiger partial charge on any atom is 0.345 e. The minimum Gasteiger partial charge on any atom is -0.494 e. The number of nitrogens with zero attached hydrogens (tertiary/aromatic N) is 1. The van der Waals surface area contributed by atoms with Crippen molar-refractivity contribution in [1.82, 2.24) is 0 Å². The zero-order valence-corrected chi connectivity index (χ0v) is 34.0. The van der Waals surface area contributed by atoms with E-state index in [0.29, 0.717) is 17.9 Å². The second-order valence-corrected chi connectivity index (χ2v) is 27.6. The van der Waals surface area contributed by atoms with Crippen molar-refractivity contribution in [2.24, 2.45) is 0 Å². The lowest BCUT2D eigenvalue weighted by Gasteiger charge is -2.38. The molecule has 0 saturated heterocycles. The van der Waals surface area contributed by atoms with Crippen molar-refractivity contribution in [3.05, 3.63) is 88.2 Å². The van der Waals surface area contributed by atoms with E-state index in [1.807, 2.05) is 0 Å². The Morgan fingerprint density at radius 3 is 1.86 bits per heavy atom. The summed E-state index contributed by atoms with van der Waals surface area (Å²) in [6, 6.07) is 17.0. The highest BCUT2D eigenvalue weighted by Gasteiger charge is 2.39. The van der Waals surface area contributed by atoms with E-state index in [-0.39, 0.29) is 27.6 Å². The number of hydrogen-bond donors (Lipinski definition) is 0. The summed E-state index contributed by atoms with van der Waals surface area (Å²) in [6.07, 6.45) is 8.00. The highest BCUT2D eigenvalue weighted by atomic mass is 35.5. The number of unbranched alkanes of at least 4 members (excludes halogenated alkanes) is 6. The van der Waals surface area contributed by atoms with Crippen LogP contribution in [0.3, 0.4) is 0 Å². The van der Waals surface area contributed by atoms with Gasteiger partial charge in [0.25, 0.3) is 0 Å². The molecule has 13 heteroatoms. The van der Waals surface area contributed by atoms with Gasteiger partial charge in [-0.05, 0) is 113 Å². The minimum atomic E-state index is -2.14. The number of benzene rings is 3. The first-order chi connectivity index (χ1) is 23.5. The molecule has 0 N–H and O–H groups in total. The number of ether oxygens (including phenoxy) is 3. The van der Waals surface area contributed by atoms with Gasteiger partial charge in [0.05, 0.1) is 34.4 Å². The number of carbonyl (C=O) groups is 2. The lowest BCUT2D eigenvalue weighted by molar-refractivity contribution is 0.0726. The lowest BCUT2D eigenvalue weighted by atomic mass is 10.1. The normalized spacial score (nSPS) is 11.9. The summed E-state index contributed by atoms with van der Waals surface area (Å²) < 4.78 is 43.7. The molecule has 270 valence electrons. The van der Waals surface area contributed by atoms with Crippen molar-refractivity contribution in [3.8, 4) is 23.3 Å². The average molecular weight is 759 g/mol. The SMILES string of the molecule is C[Si](C)(C)O[Si](C)(CCCCCCCCCOc1ccc(C(=O)Oc2ccc(C(=O)Oc3ccc(C#N)cc3F)c(Cl)c2)cc1)O[Si](C)(C)C. The maximum absolute atomic E-state index is 14.1. The van der Waals surface area contributed by atoms with E-state index in [2.05, 4.69) is 45.8 Å². The molecular formula is C37H49ClFNO7Si3. The molecule has 3 aromatic carbocycles. The van der Waals surface area contributed by atoms with Crippen molar-refractivity contribution in [2.75, 3.05) is 6.61 Å². The first-order valence-corrected chi connectivity index (χ1v) is 26.8. The Hall–Kier alpha value is -3.32. The first-order valence-electron chi connectivity index (χ1n) is 17.0. The van der Waals surface area contributed by atoms with E-state index in [1.54, 1.807) is 30.3 Å². The third kappa shape index (κ3) is 14.5. The van der Waals surface area contributed by atoms with Crippen LogP contribution in [0, 0.1) is 17.1 Å². The van der Waals surface area contributed by atoms with Gasteiger partial charge >= 0.3 is 20.5 Å². The number of nitriles is 1. The van der Waals surface area contributed by atoms with Gasteiger partial charge in [-0.15, -0.1) is 0 Å². The lowest BCUT2D eigenvalue weighted by Crippen LogP contribution is -2.52. The Balaban J connectivity index is 1.34. The van der Waals surface area contributed by atoms with Crippen LogP contribution in [0.1, 0.15) is 71.2 Å². The molecule has 3 aromatic rings. The fourth-order valence-electron chi connectivity index (χ4n) is 5.43. The zero-order chi connectivity index (χ0) is 37.0. The largest absolute Gasteiger partial charge is 0.494 e. The van der Waals surface area contributed by atoms with Crippen LogP contribution in [0.2, 0.25) is 56.9 Å². The summed E-state index contributed by atoms with van der Waals surface area (Å²) in [5.74, 6) is -1.93. The van der Waals surface area contributed by atoms with E-state index in [1.165, 1.54) is 56.0 Å². The molecule has 3 rings (SSSR count). The number of halogens is 2. The van der Waals surface area contributed by atoms with Crippen LogP contribution >= 0.6 is 11.6 Å². The predicted octanol–water partition coefficient (Wildman–Crippen LogP) is 10.7. The van der Waals surface area contributed by atoms with E-state index in [9.17, 15) is 14.0 Å². The Morgan fingerprint density at radius 2 is 1.30 bits per heavy atom. The number of rotatable bonds is 19. The number of hydrogen-bond acceptors (Lipinski definition) is 8. The van der Waals surface area contributed by atoms with Gasteiger partial charge < -0.3 is 22.4 Å². The van der Waals surface area contributed by atoms with Crippen molar-refractivity contribution < 1.29 is 36.4 Å². The van der Waals surface area contributed by atoms with Gasteiger partial charge in [-0.2, -0.15) is 5.26 Å². The van der Waals surface area contributed by atoms with E-state index in [0.717, 1.165) is 31.4 Å². The number of esters is 2. The third-order valence-electron chi connectivity index (χ3n) is 7.31. The fourth-order valence-corrected chi connectivity index (χ4v) is 18.3. The van der Waals surface area contributed by atoms with Crippen LogP contribution < -0.4 is 14.2 Å². The minimum absolute atomic E-state index is 0.0435. The molecule has 0 bridgehead atoms. The molecular weight excluding hydrogens is 709 g/mol. The molecule has 0 radical (unpaired) electrons. The van der Waals surface area contributed by atoms with Crippen molar-refractivity contribution in [1.29, 1.82) is 5.26 Å². The highest BCUT2D eigenvalue weighted by Crippen LogP contribution is 2.28. The third-order valence-corrected chi connectivity index (χ3v) is 17.2. The number of carbonyl (C=O) groups excluding carboxylic acids is 2. The van der Waals surface area contributed by atoms with Gasteiger partial charge in [0, 0.05) is 6.07 Å². The Kier molecular flexibility index (Phi) is 15.4. The molecule has 0 atom stereocenters. The molecule has 0 aliphatic carbocycles. The van der Waals surface area contributed by atoms with Crippen molar-refractivity contribution in [3.63, 3.8) is 0 Å².